The molecule has 2 aromatic rings. The molecule has 0 aliphatic rings. The van der Waals surface area contributed by atoms with Gasteiger partial charge in [0.15, 0.2) is 0 Å². The molecule has 0 aliphatic carbocycles. The first-order valence-corrected chi connectivity index (χ1v) is 10.5. The number of hydrogen-bond donors (Lipinski definition) is 2. The quantitative estimate of drug-likeness (QED) is 0.524. The number of benzene rings is 2. The standard InChI is InChI=1S/C24H24ClF3N2O3/c1-15(2)21(22(32)24(26,27)28)30-23(33)19(14-17-6-4-3-5-7-17)29-20(31)13-10-16-8-11-18(25)12-9-16/h3-13,15,19,21H,14H2,1-2H3,(H,29,31)(H,30,33)/b13-10+/t19-,21-/m0/s1. The monoisotopic (exact) mass is 480 g/mol. The molecular formula is C24H24ClF3N2O3. The van der Waals surface area contributed by atoms with Gasteiger partial charge in [-0.1, -0.05) is 67.9 Å². The minimum atomic E-state index is -5.10. The van der Waals surface area contributed by atoms with Crippen LogP contribution in [0.5, 0.6) is 0 Å². The first-order chi connectivity index (χ1) is 15.5. The summed E-state index contributed by atoms with van der Waals surface area (Å²) in [5.41, 5.74) is 1.37. The summed E-state index contributed by atoms with van der Waals surface area (Å²) in [6, 6.07) is 12.4. The van der Waals surface area contributed by atoms with Crippen molar-refractivity contribution in [3.8, 4) is 0 Å². The van der Waals surface area contributed by atoms with Crippen molar-refractivity contribution >= 4 is 35.3 Å². The molecule has 0 saturated heterocycles. The number of alkyl halides is 3. The van der Waals surface area contributed by atoms with Crippen LogP contribution in [0.2, 0.25) is 5.02 Å². The Kier molecular flexibility index (Phi) is 9.22. The molecule has 2 rings (SSSR count). The van der Waals surface area contributed by atoms with Gasteiger partial charge < -0.3 is 10.6 Å². The largest absolute Gasteiger partial charge is 0.452 e. The molecule has 0 spiro atoms. The molecule has 2 amide bonds. The van der Waals surface area contributed by atoms with Crippen molar-refractivity contribution in [2.75, 3.05) is 0 Å². The number of halogens is 4. The number of amides is 2. The van der Waals surface area contributed by atoms with E-state index in [4.69, 9.17) is 11.6 Å². The molecule has 9 heteroatoms. The molecule has 2 aromatic carbocycles. The lowest BCUT2D eigenvalue weighted by Crippen LogP contribution is -2.55. The zero-order valence-electron chi connectivity index (χ0n) is 18.0. The second-order valence-electron chi connectivity index (χ2n) is 7.73. The van der Waals surface area contributed by atoms with E-state index in [1.54, 1.807) is 54.6 Å². The lowest BCUT2D eigenvalue weighted by Gasteiger charge is -2.25. The predicted molar refractivity (Wildman–Crippen MR) is 120 cm³/mol. The first kappa shape index (κ1) is 26.1. The van der Waals surface area contributed by atoms with Crippen LogP contribution in [0.25, 0.3) is 6.08 Å². The maximum atomic E-state index is 13.0. The minimum absolute atomic E-state index is 0.0260. The van der Waals surface area contributed by atoms with Crippen molar-refractivity contribution < 1.29 is 27.6 Å². The average molecular weight is 481 g/mol. The molecule has 0 heterocycles. The summed E-state index contributed by atoms with van der Waals surface area (Å²) in [5.74, 6) is -4.35. The van der Waals surface area contributed by atoms with E-state index in [9.17, 15) is 27.6 Å². The third kappa shape index (κ3) is 8.38. The average Bonchev–Trinajstić information content (AvgIpc) is 2.76. The maximum Gasteiger partial charge on any atom is 0.452 e. The fourth-order valence-electron chi connectivity index (χ4n) is 2.99. The van der Waals surface area contributed by atoms with E-state index >= 15 is 0 Å². The van der Waals surface area contributed by atoms with Crippen molar-refractivity contribution in [2.24, 2.45) is 5.92 Å². The Balaban J connectivity index is 2.19. The van der Waals surface area contributed by atoms with Crippen molar-refractivity contribution in [2.45, 2.75) is 38.5 Å². The molecule has 0 unspecified atom stereocenters. The van der Waals surface area contributed by atoms with Gasteiger partial charge in [-0.05, 0) is 35.3 Å². The highest BCUT2D eigenvalue weighted by molar-refractivity contribution is 6.30. The SMILES string of the molecule is CC(C)[C@H](NC(=O)[C@H](Cc1ccccc1)NC(=O)/C=C/c1ccc(Cl)cc1)C(=O)C(F)(F)F. The zero-order chi connectivity index (χ0) is 24.6. The van der Waals surface area contributed by atoms with E-state index in [1.807, 2.05) is 0 Å². The lowest BCUT2D eigenvalue weighted by molar-refractivity contribution is -0.175. The van der Waals surface area contributed by atoms with E-state index in [0.29, 0.717) is 16.1 Å². The summed E-state index contributed by atoms with van der Waals surface area (Å²) >= 11 is 5.83. The van der Waals surface area contributed by atoms with Gasteiger partial charge in [-0.25, -0.2) is 0 Å². The fraction of sp³-hybridized carbons (Fsp3) is 0.292. The normalized spacial score (nSPS) is 13.5. The Morgan fingerprint density at radius 3 is 2.12 bits per heavy atom. The predicted octanol–water partition coefficient (Wildman–Crippen LogP) is 4.35. The van der Waals surface area contributed by atoms with Crippen molar-refractivity contribution in [1.29, 1.82) is 0 Å². The Labute approximate surface area is 195 Å². The van der Waals surface area contributed by atoms with Gasteiger partial charge >= 0.3 is 6.18 Å². The highest BCUT2D eigenvalue weighted by atomic mass is 35.5. The van der Waals surface area contributed by atoms with Gasteiger partial charge in [0.25, 0.3) is 5.78 Å². The van der Waals surface area contributed by atoms with Crippen molar-refractivity contribution in [1.82, 2.24) is 10.6 Å². The van der Waals surface area contributed by atoms with E-state index in [2.05, 4.69) is 10.6 Å². The van der Waals surface area contributed by atoms with Crippen molar-refractivity contribution in [3.05, 3.63) is 76.8 Å². The van der Waals surface area contributed by atoms with Crippen LogP contribution in [0.3, 0.4) is 0 Å². The molecule has 176 valence electrons. The Hall–Kier alpha value is -3.13. The molecule has 33 heavy (non-hydrogen) atoms. The van der Waals surface area contributed by atoms with Crippen LogP contribution in [-0.2, 0) is 20.8 Å². The highest BCUT2D eigenvalue weighted by Gasteiger charge is 2.45. The first-order valence-electron chi connectivity index (χ1n) is 10.2. The van der Waals surface area contributed by atoms with Gasteiger partial charge in [0.1, 0.15) is 6.04 Å². The van der Waals surface area contributed by atoms with Crippen LogP contribution in [0.4, 0.5) is 13.2 Å². The number of Topliss-reactive ketones (excluding diaryl/α,β-unsaturated/α-hetero) is 1. The molecule has 2 N–H and O–H groups in total. The van der Waals surface area contributed by atoms with Crippen LogP contribution < -0.4 is 10.6 Å². The molecular weight excluding hydrogens is 457 g/mol. The van der Waals surface area contributed by atoms with Gasteiger partial charge in [0.05, 0.1) is 6.04 Å². The molecule has 5 nitrogen and oxygen atoms in total. The van der Waals surface area contributed by atoms with Gasteiger partial charge in [0.2, 0.25) is 11.8 Å². The molecule has 0 aromatic heterocycles. The molecule has 0 aliphatic heterocycles. The fourth-order valence-corrected chi connectivity index (χ4v) is 3.12. The van der Waals surface area contributed by atoms with E-state index in [-0.39, 0.29) is 6.42 Å². The number of nitrogens with one attached hydrogen (secondary N) is 2. The van der Waals surface area contributed by atoms with Gasteiger partial charge in [0, 0.05) is 17.5 Å². The summed E-state index contributed by atoms with van der Waals surface area (Å²) in [7, 11) is 0. The van der Waals surface area contributed by atoms with E-state index in [1.165, 1.54) is 26.0 Å². The summed E-state index contributed by atoms with van der Waals surface area (Å²) in [6.07, 6.45) is -2.36. The zero-order valence-corrected chi connectivity index (χ0v) is 18.8. The second kappa shape index (κ2) is 11.7. The summed E-state index contributed by atoms with van der Waals surface area (Å²) in [5, 5.41) is 5.21. The van der Waals surface area contributed by atoms with Gasteiger partial charge in [-0.2, -0.15) is 13.2 Å². The topological polar surface area (TPSA) is 75.3 Å². The second-order valence-corrected chi connectivity index (χ2v) is 8.16. The van der Waals surface area contributed by atoms with Crippen LogP contribution >= 0.6 is 11.6 Å². The minimum Gasteiger partial charge on any atom is -0.344 e. The maximum absolute atomic E-state index is 13.0. The smallest absolute Gasteiger partial charge is 0.344 e. The van der Waals surface area contributed by atoms with Crippen molar-refractivity contribution in [3.63, 3.8) is 0 Å². The number of hydrogen-bond acceptors (Lipinski definition) is 3. The summed E-state index contributed by atoms with van der Waals surface area (Å²) in [4.78, 5) is 37.1. The number of rotatable bonds is 9. The van der Waals surface area contributed by atoms with E-state index in [0.717, 1.165) is 0 Å². The van der Waals surface area contributed by atoms with Crippen LogP contribution in [0, 0.1) is 5.92 Å². The Bertz CT molecular complexity index is 990. The highest BCUT2D eigenvalue weighted by Crippen LogP contribution is 2.21. The van der Waals surface area contributed by atoms with Crippen LogP contribution in [0.15, 0.2) is 60.7 Å². The number of carbonyl (C=O) groups is 3. The molecule has 0 radical (unpaired) electrons. The van der Waals surface area contributed by atoms with E-state index < -0.39 is 41.8 Å². The molecule has 0 fully saturated rings. The third-order valence-electron chi connectivity index (χ3n) is 4.74. The summed E-state index contributed by atoms with van der Waals surface area (Å²) < 4.78 is 38.9. The molecule has 0 saturated carbocycles. The van der Waals surface area contributed by atoms with Gasteiger partial charge in [-0.15, -0.1) is 0 Å². The number of carbonyl (C=O) groups excluding carboxylic acids is 3. The third-order valence-corrected chi connectivity index (χ3v) is 4.99. The Morgan fingerprint density at radius 1 is 0.970 bits per heavy atom. The lowest BCUT2D eigenvalue weighted by atomic mass is 9.98. The van der Waals surface area contributed by atoms with Gasteiger partial charge in [-0.3, -0.25) is 14.4 Å². The summed E-state index contributed by atoms with van der Waals surface area (Å²) in [6.45, 7) is 2.79. The van der Waals surface area contributed by atoms with Crippen LogP contribution in [0.1, 0.15) is 25.0 Å². The Morgan fingerprint density at radius 2 is 1.58 bits per heavy atom. The molecule has 0 bridgehead atoms. The van der Waals surface area contributed by atoms with Crippen LogP contribution in [-0.4, -0.2) is 35.9 Å². The number of ketones is 1. The molecule has 2 atom stereocenters.